The van der Waals surface area contributed by atoms with E-state index in [0.717, 1.165) is 16.3 Å². The topological polar surface area (TPSA) is 75.1 Å². The van der Waals surface area contributed by atoms with Crippen LogP contribution in [0, 0.1) is 12.3 Å². The second-order valence-electron chi connectivity index (χ2n) is 5.49. The van der Waals surface area contributed by atoms with Crippen LogP contribution >= 0.6 is 22.9 Å². The molecule has 0 aliphatic heterocycles. The number of carbonyl (C=O) groups is 1. The van der Waals surface area contributed by atoms with Crippen LogP contribution in [0.15, 0.2) is 54.6 Å². The number of hydrogen-bond donors (Lipinski definition) is 2. The molecule has 3 rings (SSSR count). The maximum Gasteiger partial charge on any atom is 0.412 e. The van der Waals surface area contributed by atoms with Gasteiger partial charge in [-0.25, -0.2) is 9.78 Å². The quantitative estimate of drug-likeness (QED) is 0.578. The second-order valence-corrected chi connectivity index (χ2v) is 6.92. The summed E-state index contributed by atoms with van der Waals surface area (Å²) in [5, 5.41) is 12.3. The summed E-state index contributed by atoms with van der Waals surface area (Å²) in [5.74, 6) is 0. The van der Waals surface area contributed by atoms with Crippen molar-refractivity contribution in [3.8, 4) is 10.6 Å². The van der Waals surface area contributed by atoms with Crippen LogP contribution in [0.5, 0.6) is 0 Å². The molecule has 3 aromatic rings. The molecule has 2 aromatic carbocycles. The third kappa shape index (κ3) is 4.47. The molecule has 5 nitrogen and oxygen atoms in total. The van der Waals surface area contributed by atoms with Gasteiger partial charge in [-0.05, 0) is 31.2 Å². The zero-order valence-corrected chi connectivity index (χ0v) is 15.5. The summed E-state index contributed by atoms with van der Waals surface area (Å²) in [6.07, 6.45) is -0.596. The molecule has 0 atom stereocenters. The highest BCUT2D eigenvalue weighted by Crippen LogP contribution is 2.29. The van der Waals surface area contributed by atoms with Gasteiger partial charge in [-0.15, -0.1) is 11.3 Å². The molecule has 1 heterocycles. The number of ether oxygens (including phenoxy) is 1. The summed E-state index contributed by atoms with van der Waals surface area (Å²) in [6.45, 7) is 1.71. The predicted molar refractivity (Wildman–Crippen MR) is 106 cm³/mol. The number of hydrogen-bond acceptors (Lipinski definition) is 5. The Morgan fingerprint density at radius 3 is 2.58 bits per heavy atom. The number of carbonyl (C=O) groups excluding carboxylic acids is 1. The van der Waals surface area contributed by atoms with E-state index in [9.17, 15) is 4.79 Å². The standard InChI is InChI=1S/C19H16ClN3O2S/c1-12-17(26-18(22-12)13-7-9-14(20)10-8-13)16(21)11-25-19(24)23-15-5-3-2-4-6-15/h2-10,21H,11H2,1H3,(H,23,24). The van der Waals surface area contributed by atoms with Gasteiger partial charge in [0, 0.05) is 16.3 Å². The summed E-state index contributed by atoms with van der Waals surface area (Å²) >= 11 is 7.30. The van der Waals surface area contributed by atoms with Gasteiger partial charge in [-0.1, -0.05) is 41.9 Å². The van der Waals surface area contributed by atoms with Crippen molar-refractivity contribution in [2.75, 3.05) is 11.9 Å². The summed E-state index contributed by atoms with van der Waals surface area (Å²) in [6, 6.07) is 16.4. The first-order valence-corrected chi connectivity index (χ1v) is 9.02. The minimum Gasteiger partial charge on any atom is -0.443 e. The average Bonchev–Trinajstić information content (AvgIpc) is 3.03. The Kier molecular flexibility index (Phi) is 5.65. The first-order chi connectivity index (χ1) is 12.5. The van der Waals surface area contributed by atoms with Crippen molar-refractivity contribution in [1.82, 2.24) is 4.98 Å². The first kappa shape index (κ1) is 18.1. The van der Waals surface area contributed by atoms with Gasteiger partial charge in [-0.2, -0.15) is 0 Å². The van der Waals surface area contributed by atoms with Crippen molar-refractivity contribution >= 4 is 40.4 Å². The van der Waals surface area contributed by atoms with Gasteiger partial charge in [0.15, 0.2) is 0 Å². The maximum absolute atomic E-state index is 11.8. The number of nitrogens with zero attached hydrogens (tertiary/aromatic N) is 1. The summed E-state index contributed by atoms with van der Waals surface area (Å²) in [4.78, 5) is 17.0. The normalized spacial score (nSPS) is 10.4. The molecule has 132 valence electrons. The van der Waals surface area contributed by atoms with Gasteiger partial charge >= 0.3 is 6.09 Å². The molecule has 26 heavy (non-hydrogen) atoms. The van der Waals surface area contributed by atoms with Crippen molar-refractivity contribution < 1.29 is 9.53 Å². The van der Waals surface area contributed by atoms with Gasteiger partial charge in [-0.3, -0.25) is 5.32 Å². The number of rotatable bonds is 5. The number of amides is 1. The Morgan fingerprint density at radius 1 is 1.19 bits per heavy atom. The van der Waals surface area contributed by atoms with Crippen molar-refractivity contribution in [3.05, 3.63) is 70.2 Å². The fourth-order valence-electron chi connectivity index (χ4n) is 2.27. The molecule has 0 spiro atoms. The SMILES string of the molecule is Cc1nc(-c2ccc(Cl)cc2)sc1C(=N)COC(=O)Nc1ccccc1. The molecule has 0 aliphatic carbocycles. The monoisotopic (exact) mass is 385 g/mol. The van der Waals surface area contributed by atoms with E-state index in [1.165, 1.54) is 11.3 Å². The van der Waals surface area contributed by atoms with Gasteiger partial charge in [0.2, 0.25) is 0 Å². The molecule has 0 saturated carbocycles. The molecule has 0 aliphatic rings. The van der Waals surface area contributed by atoms with E-state index in [2.05, 4.69) is 10.3 Å². The number of nitrogens with one attached hydrogen (secondary N) is 2. The molecule has 0 fully saturated rings. The Hall–Kier alpha value is -2.70. The van der Waals surface area contributed by atoms with E-state index >= 15 is 0 Å². The van der Waals surface area contributed by atoms with Crippen LogP contribution in [-0.2, 0) is 4.74 Å². The minimum atomic E-state index is -0.596. The highest BCUT2D eigenvalue weighted by atomic mass is 35.5. The molecule has 0 radical (unpaired) electrons. The Balaban J connectivity index is 1.63. The predicted octanol–water partition coefficient (Wildman–Crippen LogP) is 5.39. The van der Waals surface area contributed by atoms with Crippen LogP contribution in [0.25, 0.3) is 10.6 Å². The Labute approximate surface area is 160 Å². The smallest absolute Gasteiger partial charge is 0.412 e. The third-order valence-corrected chi connectivity index (χ3v) is 5.05. The van der Waals surface area contributed by atoms with Crippen LogP contribution in [0.4, 0.5) is 10.5 Å². The maximum atomic E-state index is 11.8. The number of benzene rings is 2. The molecular formula is C19H16ClN3O2S. The number of para-hydroxylation sites is 1. The van der Waals surface area contributed by atoms with Crippen LogP contribution < -0.4 is 5.32 Å². The number of aromatic nitrogens is 1. The summed E-state index contributed by atoms with van der Waals surface area (Å²) in [5.41, 5.74) is 2.52. The summed E-state index contributed by atoms with van der Waals surface area (Å²) in [7, 11) is 0. The van der Waals surface area contributed by atoms with E-state index in [4.69, 9.17) is 21.7 Å². The largest absolute Gasteiger partial charge is 0.443 e. The molecule has 2 N–H and O–H groups in total. The van der Waals surface area contributed by atoms with E-state index in [-0.39, 0.29) is 12.3 Å². The Bertz CT molecular complexity index is 924. The second kappa shape index (κ2) is 8.12. The molecule has 0 saturated heterocycles. The van der Waals surface area contributed by atoms with Gasteiger partial charge in [0.05, 0.1) is 16.3 Å². The van der Waals surface area contributed by atoms with Gasteiger partial charge in [0.1, 0.15) is 11.6 Å². The fraction of sp³-hybridized carbons (Fsp3) is 0.105. The van der Waals surface area contributed by atoms with Crippen LogP contribution in [0.1, 0.15) is 10.6 Å². The van der Waals surface area contributed by atoms with Crippen molar-refractivity contribution in [2.45, 2.75) is 6.92 Å². The highest BCUT2D eigenvalue weighted by Gasteiger charge is 2.15. The molecule has 0 bridgehead atoms. The average molecular weight is 386 g/mol. The zero-order chi connectivity index (χ0) is 18.5. The lowest BCUT2D eigenvalue weighted by Crippen LogP contribution is -2.18. The van der Waals surface area contributed by atoms with Crippen molar-refractivity contribution in [3.63, 3.8) is 0 Å². The molecular weight excluding hydrogens is 370 g/mol. The fourth-order valence-corrected chi connectivity index (χ4v) is 3.40. The Morgan fingerprint density at radius 2 is 1.88 bits per heavy atom. The lowest BCUT2D eigenvalue weighted by atomic mass is 10.2. The van der Waals surface area contributed by atoms with Gasteiger partial charge < -0.3 is 10.1 Å². The minimum absolute atomic E-state index is 0.123. The lowest BCUT2D eigenvalue weighted by Gasteiger charge is -2.07. The molecule has 7 heteroatoms. The van der Waals surface area contributed by atoms with E-state index in [1.54, 1.807) is 24.3 Å². The molecule has 1 amide bonds. The lowest BCUT2D eigenvalue weighted by molar-refractivity contribution is 0.177. The summed E-state index contributed by atoms with van der Waals surface area (Å²) < 4.78 is 5.13. The van der Waals surface area contributed by atoms with Crippen LogP contribution in [0.2, 0.25) is 5.02 Å². The van der Waals surface area contributed by atoms with Crippen molar-refractivity contribution in [1.29, 1.82) is 5.41 Å². The number of aryl methyl sites for hydroxylation is 1. The number of halogens is 1. The highest BCUT2D eigenvalue weighted by molar-refractivity contribution is 7.17. The van der Waals surface area contributed by atoms with E-state index in [0.29, 0.717) is 15.6 Å². The van der Waals surface area contributed by atoms with E-state index in [1.807, 2.05) is 37.3 Å². The third-order valence-electron chi connectivity index (χ3n) is 3.53. The first-order valence-electron chi connectivity index (χ1n) is 7.83. The van der Waals surface area contributed by atoms with Crippen LogP contribution in [-0.4, -0.2) is 23.4 Å². The zero-order valence-electron chi connectivity index (χ0n) is 14.0. The number of thiazole rings is 1. The number of anilines is 1. The van der Waals surface area contributed by atoms with E-state index < -0.39 is 6.09 Å². The molecule has 0 unspecified atom stereocenters. The van der Waals surface area contributed by atoms with Gasteiger partial charge in [0.25, 0.3) is 0 Å². The van der Waals surface area contributed by atoms with Crippen molar-refractivity contribution in [2.24, 2.45) is 0 Å². The molecule has 1 aromatic heterocycles. The van der Waals surface area contributed by atoms with Crippen LogP contribution in [0.3, 0.4) is 0 Å².